The summed E-state index contributed by atoms with van der Waals surface area (Å²) in [6.07, 6.45) is 1.85. The van der Waals surface area contributed by atoms with E-state index in [9.17, 15) is 8.42 Å². The van der Waals surface area contributed by atoms with Crippen molar-refractivity contribution >= 4 is 9.84 Å². The van der Waals surface area contributed by atoms with Crippen LogP contribution in [0.15, 0.2) is 41.1 Å². The maximum absolute atomic E-state index is 11.9. The minimum Gasteiger partial charge on any atom is -0.486 e. The number of benzene rings is 1. The number of rotatable bonds is 5. The van der Waals surface area contributed by atoms with Crippen molar-refractivity contribution in [2.75, 3.05) is 11.5 Å². The predicted molar refractivity (Wildman–Crippen MR) is 93.3 cm³/mol. The number of aromatic nitrogens is 4. The lowest BCUT2D eigenvalue weighted by atomic mass is 10.2. The van der Waals surface area contributed by atoms with Crippen molar-refractivity contribution in [3.05, 3.63) is 48.3 Å². The van der Waals surface area contributed by atoms with E-state index in [0.29, 0.717) is 35.3 Å². The molecule has 0 unspecified atom stereocenters. The quantitative estimate of drug-likeness (QED) is 0.675. The third-order valence-electron chi connectivity index (χ3n) is 4.30. The van der Waals surface area contributed by atoms with Crippen LogP contribution in [-0.2, 0) is 16.4 Å². The highest BCUT2D eigenvalue weighted by Crippen LogP contribution is 2.29. The van der Waals surface area contributed by atoms with Gasteiger partial charge in [0.05, 0.1) is 17.5 Å². The SMILES string of the molecule is Cc1ocnc1-c1nc(COc2ccccc2)nn1[C@@H]1CCS(=O)(=O)C1. The third-order valence-corrected chi connectivity index (χ3v) is 6.05. The molecular weight excluding hydrogens is 356 g/mol. The van der Waals surface area contributed by atoms with Crippen molar-refractivity contribution < 1.29 is 17.6 Å². The molecule has 9 heteroatoms. The van der Waals surface area contributed by atoms with Crippen molar-refractivity contribution in [3.63, 3.8) is 0 Å². The highest BCUT2D eigenvalue weighted by atomic mass is 32.2. The molecule has 4 rings (SSSR count). The first-order valence-corrected chi connectivity index (χ1v) is 10.1. The highest BCUT2D eigenvalue weighted by molar-refractivity contribution is 7.91. The average Bonchev–Trinajstić information content (AvgIpc) is 3.32. The van der Waals surface area contributed by atoms with Gasteiger partial charge in [0.25, 0.3) is 0 Å². The molecule has 3 aromatic rings. The largest absolute Gasteiger partial charge is 0.486 e. The van der Waals surface area contributed by atoms with Gasteiger partial charge in [-0.1, -0.05) is 18.2 Å². The van der Waals surface area contributed by atoms with Crippen LogP contribution >= 0.6 is 0 Å². The van der Waals surface area contributed by atoms with Gasteiger partial charge in [-0.05, 0) is 25.5 Å². The van der Waals surface area contributed by atoms with E-state index in [-0.39, 0.29) is 24.2 Å². The smallest absolute Gasteiger partial charge is 0.188 e. The van der Waals surface area contributed by atoms with Gasteiger partial charge in [-0.2, -0.15) is 5.10 Å². The lowest BCUT2D eigenvalue weighted by molar-refractivity contribution is 0.294. The summed E-state index contributed by atoms with van der Waals surface area (Å²) in [4.78, 5) is 8.74. The Labute approximate surface area is 150 Å². The van der Waals surface area contributed by atoms with Crippen LogP contribution in [-0.4, -0.2) is 39.7 Å². The molecule has 1 aliphatic rings. The van der Waals surface area contributed by atoms with Gasteiger partial charge in [-0.25, -0.2) is 23.1 Å². The van der Waals surface area contributed by atoms with E-state index in [1.165, 1.54) is 6.39 Å². The zero-order valence-corrected chi connectivity index (χ0v) is 15.0. The van der Waals surface area contributed by atoms with E-state index in [4.69, 9.17) is 9.15 Å². The van der Waals surface area contributed by atoms with E-state index in [0.717, 1.165) is 0 Å². The molecule has 136 valence electrons. The van der Waals surface area contributed by atoms with Crippen molar-refractivity contribution in [2.24, 2.45) is 0 Å². The van der Waals surface area contributed by atoms with Crippen LogP contribution in [0.5, 0.6) is 5.75 Å². The fraction of sp³-hybridized carbons (Fsp3) is 0.353. The molecule has 0 aliphatic carbocycles. The highest BCUT2D eigenvalue weighted by Gasteiger charge is 2.33. The number of sulfone groups is 1. The summed E-state index contributed by atoms with van der Waals surface area (Å²) < 4.78 is 36.4. The Bertz CT molecular complexity index is 1010. The Morgan fingerprint density at radius 3 is 2.77 bits per heavy atom. The van der Waals surface area contributed by atoms with Crippen LogP contribution in [0.1, 0.15) is 24.0 Å². The second kappa shape index (κ2) is 6.56. The van der Waals surface area contributed by atoms with Gasteiger partial charge in [-0.3, -0.25) is 0 Å². The Morgan fingerprint density at radius 1 is 1.31 bits per heavy atom. The van der Waals surface area contributed by atoms with Gasteiger partial charge in [0.2, 0.25) is 0 Å². The van der Waals surface area contributed by atoms with Gasteiger partial charge in [0.1, 0.15) is 23.8 Å². The van der Waals surface area contributed by atoms with Crippen LogP contribution in [0.3, 0.4) is 0 Å². The number of hydrogen-bond acceptors (Lipinski definition) is 7. The Hall–Kier alpha value is -2.68. The van der Waals surface area contributed by atoms with Gasteiger partial charge < -0.3 is 9.15 Å². The zero-order chi connectivity index (χ0) is 18.1. The molecule has 0 bridgehead atoms. The topological polar surface area (TPSA) is 100 Å². The van der Waals surface area contributed by atoms with Crippen LogP contribution in [0, 0.1) is 6.92 Å². The van der Waals surface area contributed by atoms with E-state index in [2.05, 4.69) is 15.1 Å². The van der Waals surface area contributed by atoms with E-state index >= 15 is 0 Å². The first-order valence-electron chi connectivity index (χ1n) is 8.26. The lowest BCUT2D eigenvalue weighted by Gasteiger charge is -2.10. The summed E-state index contributed by atoms with van der Waals surface area (Å²) in [5, 5.41) is 4.50. The molecule has 2 aromatic heterocycles. The summed E-state index contributed by atoms with van der Waals surface area (Å²) in [6.45, 7) is 1.97. The van der Waals surface area contributed by atoms with Gasteiger partial charge >= 0.3 is 0 Å². The minimum atomic E-state index is -3.05. The van der Waals surface area contributed by atoms with E-state index < -0.39 is 9.84 Å². The standard InChI is InChI=1S/C17H18N4O4S/c1-12-16(18-11-25-12)17-19-15(9-24-14-5-3-2-4-6-14)20-21(17)13-7-8-26(22,23)10-13/h2-6,11,13H,7-10H2,1H3/t13-/m1/s1. The lowest BCUT2D eigenvalue weighted by Crippen LogP contribution is -2.14. The fourth-order valence-electron chi connectivity index (χ4n) is 3.00. The molecule has 0 spiro atoms. The zero-order valence-electron chi connectivity index (χ0n) is 14.2. The Kier molecular flexibility index (Phi) is 4.23. The molecule has 0 amide bonds. The maximum atomic E-state index is 11.9. The number of oxazole rings is 1. The molecular formula is C17H18N4O4S. The first kappa shape index (κ1) is 16.8. The molecule has 8 nitrogen and oxygen atoms in total. The van der Waals surface area contributed by atoms with Crippen molar-refractivity contribution in [2.45, 2.75) is 26.0 Å². The number of hydrogen-bond donors (Lipinski definition) is 0. The number of para-hydroxylation sites is 1. The normalized spacial score (nSPS) is 18.9. The fourth-order valence-corrected chi connectivity index (χ4v) is 4.69. The summed E-state index contributed by atoms with van der Waals surface area (Å²) in [7, 11) is -3.05. The molecule has 0 N–H and O–H groups in total. The van der Waals surface area contributed by atoms with Gasteiger partial charge in [0, 0.05) is 0 Å². The second-order valence-electron chi connectivity index (χ2n) is 6.21. The molecule has 1 aliphatic heterocycles. The maximum Gasteiger partial charge on any atom is 0.188 e. The van der Waals surface area contributed by atoms with Gasteiger partial charge in [0.15, 0.2) is 27.9 Å². The number of nitrogens with zero attached hydrogens (tertiary/aromatic N) is 4. The minimum absolute atomic E-state index is 0.0548. The first-order chi connectivity index (χ1) is 12.5. The molecule has 26 heavy (non-hydrogen) atoms. The Morgan fingerprint density at radius 2 is 2.12 bits per heavy atom. The molecule has 1 fully saturated rings. The number of aryl methyl sites for hydroxylation is 1. The predicted octanol–water partition coefficient (Wildman–Crippen LogP) is 2.18. The van der Waals surface area contributed by atoms with Crippen molar-refractivity contribution in [1.82, 2.24) is 19.7 Å². The van der Waals surface area contributed by atoms with Crippen LogP contribution in [0.2, 0.25) is 0 Å². The number of ether oxygens (including phenoxy) is 1. The summed E-state index contributed by atoms with van der Waals surface area (Å²) in [6, 6.07) is 9.12. The molecule has 1 saturated heterocycles. The van der Waals surface area contributed by atoms with Crippen LogP contribution in [0.4, 0.5) is 0 Å². The summed E-state index contributed by atoms with van der Waals surface area (Å²) >= 11 is 0. The molecule has 0 saturated carbocycles. The molecule has 0 radical (unpaired) electrons. The van der Waals surface area contributed by atoms with Gasteiger partial charge in [-0.15, -0.1) is 0 Å². The van der Waals surface area contributed by atoms with E-state index in [1.807, 2.05) is 30.3 Å². The van der Waals surface area contributed by atoms with E-state index in [1.54, 1.807) is 11.6 Å². The average molecular weight is 374 g/mol. The second-order valence-corrected chi connectivity index (χ2v) is 8.44. The Balaban J connectivity index is 1.65. The summed E-state index contributed by atoms with van der Waals surface area (Å²) in [5.74, 6) is 2.51. The van der Waals surface area contributed by atoms with Crippen LogP contribution < -0.4 is 4.74 Å². The molecule has 3 heterocycles. The van der Waals surface area contributed by atoms with Crippen molar-refractivity contribution in [1.29, 1.82) is 0 Å². The molecule has 1 atom stereocenters. The molecule has 1 aromatic carbocycles. The summed E-state index contributed by atoms with van der Waals surface area (Å²) in [5.41, 5.74) is 0.563. The monoisotopic (exact) mass is 374 g/mol. The van der Waals surface area contributed by atoms with Crippen LogP contribution in [0.25, 0.3) is 11.5 Å². The third kappa shape index (κ3) is 3.34. The van der Waals surface area contributed by atoms with Crippen molar-refractivity contribution in [3.8, 4) is 17.3 Å².